The van der Waals surface area contributed by atoms with Crippen molar-refractivity contribution in [3.05, 3.63) is 29.3 Å². The van der Waals surface area contributed by atoms with E-state index in [1.807, 2.05) is 19.9 Å². The highest BCUT2D eigenvalue weighted by molar-refractivity contribution is 7.89. The third kappa shape index (κ3) is 2.88. The Kier molecular flexibility index (Phi) is 4.80. The summed E-state index contributed by atoms with van der Waals surface area (Å²) >= 11 is 0. The van der Waals surface area contributed by atoms with Gasteiger partial charge in [0.1, 0.15) is 0 Å². The summed E-state index contributed by atoms with van der Waals surface area (Å²) in [5.74, 6) is 0. The number of sulfonamides is 1. The molecule has 0 saturated carbocycles. The van der Waals surface area contributed by atoms with Crippen LogP contribution in [0.25, 0.3) is 0 Å². The molecule has 1 aliphatic heterocycles. The van der Waals surface area contributed by atoms with Crippen molar-refractivity contribution in [1.82, 2.24) is 4.31 Å². The number of nitrogens with zero attached hydrogens (tertiary/aromatic N) is 1. The summed E-state index contributed by atoms with van der Waals surface area (Å²) in [6.07, 6.45) is 0.745. The second kappa shape index (κ2) is 6.22. The van der Waals surface area contributed by atoms with E-state index in [0.29, 0.717) is 31.2 Å². The zero-order valence-corrected chi connectivity index (χ0v) is 12.8. The second-order valence-electron chi connectivity index (χ2n) is 5.05. The number of aryl methyl sites for hydroxylation is 1. The van der Waals surface area contributed by atoms with E-state index in [0.717, 1.165) is 17.5 Å². The van der Waals surface area contributed by atoms with Crippen LogP contribution in [0.5, 0.6) is 0 Å². The molecular formula is C14H22N2O3S. The maximum atomic E-state index is 12.8. The molecule has 0 bridgehead atoms. The molecule has 0 amide bonds. The fraction of sp³-hybridized carbons (Fsp3) is 0.571. The lowest BCUT2D eigenvalue weighted by molar-refractivity contribution is 0.0314. The minimum atomic E-state index is -3.47. The van der Waals surface area contributed by atoms with E-state index in [1.165, 1.54) is 0 Å². The average Bonchev–Trinajstić information content (AvgIpc) is 2.47. The standard InChI is InChI=1S/C14H22N2O3S/c1-3-13-10-19-7-6-16(13)20(17,18)14-5-4-11(2)12(8-14)9-15/h4-5,8,13H,3,6-7,9-10,15H2,1-2H3. The van der Waals surface area contributed by atoms with E-state index in [9.17, 15) is 8.42 Å². The number of benzene rings is 1. The van der Waals surface area contributed by atoms with E-state index >= 15 is 0 Å². The first-order valence-corrected chi connectivity index (χ1v) is 8.34. The van der Waals surface area contributed by atoms with Crippen molar-refractivity contribution >= 4 is 10.0 Å². The van der Waals surface area contributed by atoms with Gasteiger partial charge in [0.05, 0.1) is 18.1 Å². The predicted octanol–water partition coefficient (Wildman–Crippen LogP) is 1.25. The molecule has 1 aromatic carbocycles. The minimum Gasteiger partial charge on any atom is -0.378 e. The number of nitrogens with two attached hydrogens (primary N) is 1. The summed E-state index contributed by atoms with van der Waals surface area (Å²) in [5.41, 5.74) is 7.55. The fourth-order valence-corrected chi connectivity index (χ4v) is 4.16. The van der Waals surface area contributed by atoms with Gasteiger partial charge in [0.2, 0.25) is 10.0 Å². The molecule has 1 atom stereocenters. The summed E-state index contributed by atoms with van der Waals surface area (Å²) in [6, 6.07) is 5.08. The van der Waals surface area contributed by atoms with Crippen LogP contribution in [0, 0.1) is 6.92 Å². The van der Waals surface area contributed by atoms with Crippen molar-refractivity contribution < 1.29 is 13.2 Å². The van der Waals surface area contributed by atoms with Gasteiger partial charge in [-0.25, -0.2) is 8.42 Å². The van der Waals surface area contributed by atoms with Crippen molar-refractivity contribution in [3.8, 4) is 0 Å². The van der Waals surface area contributed by atoms with Crippen LogP contribution < -0.4 is 5.73 Å². The van der Waals surface area contributed by atoms with Crippen LogP contribution in [0.3, 0.4) is 0 Å². The average molecular weight is 298 g/mol. The van der Waals surface area contributed by atoms with Crippen LogP contribution in [-0.2, 0) is 21.3 Å². The molecule has 1 unspecified atom stereocenters. The molecule has 1 heterocycles. The van der Waals surface area contributed by atoms with Crippen molar-refractivity contribution in [3.63, 3.8) is 0 Å². The van der Waals surface area contributed by atoms with E-state index in [-0.39, 0.29) is 6.04 Å². The Morgan fingerprint density at radius 1 is 1.45 bits per heavy atom. The molecule has 0 aromatic heterocycles. The lowest BCUT2D eigenvalue weighted by Gasteiger charge is -2.34. The van der Waals surface area contributed by atoms with Gasteiger partial charge in [0.15, 0.2) is 0 Å². The molecule has 2 rings (SSSR count). The monoisotopic (exact) mass is 298 g/mol. The van der Waals surface area contributed by atoms with E-state index in [4.69, 9.17) is 10.5 Å². The zero-order valence-electron chi connectivity index (χ0n) is 12.0. The van der Waals surface area contributed by atoms with Gasteiger partial charge in [-0.05, 0) is 36.6 Å². The Morgan fingerprint density at radius 3 is 2.85 bits per heavy atom. The van der Waals surface area contributed by atoms with Gasteiger partial charge in [-0.2, -0.15) is 4.31 Å². The molecule has 20 heavy (non-hydrogen) atoms. The number of hydrogen-bond acceptors (Lipinski definition) is 4. The number of ether oxygens (including phenoxy) is 1. The van der Waals surface area contributed by atoms with Crippen LogP contribution >= 0.6 is 0 Å². The van der Waals surface area contributed by atoms with Gasteiger partial charge < -0.3 is 10.5 Å². The summed E-state index contributed by atoms with van der Waals surface area (Å²) in [5, 5.41) is 0. The first kappa shape index (κ1) is 15.4. The Labute approximate surface area is 120 Å². The summed E-state index contributed by atoms with van der Waals surface area (Å²) in [6.45, 7) is 5.57. The predicted molar refractivity (Wildman–Crippen MR) is 77.9 cm³/mol. The van der Waals surface area contributed by atoms with Gasteiger partial charge in [0.25, 0.3) is 0 Å². The fourth-order valence-electron chi connectivity index (χ4n) is 2.44. The van der Waals surface area contributed by atoms with Crippen molar-refractivity contribution in [1.29, 1.82) is 0 Å². The van der Waals surface area contributed by atoms with Crippen LogP contribution in [-0.4, -0.2) is 38.5 Å². The lowest BCUT2D eigenvalue weighted by Crippen LogP contribution is -2.48. The van der Waals surface area contributed by atoms with Crippen LogP contribution in [0.1, 0.15) is 24.5 Å². The minimum absolute atomic E-state index is 0.0867. The highest BCUT2D eigenvalue weighted by atomic mass is 32.2. The lowest BCUT2D eigenvalue weighted by atomic mass is 10.1. The summed E-state index contributed by atoms with van der Waals surface area (Å²) in [4.78, 5) is 0.323. The van der Waals surface area contributed by atoms with Crippen molar-refractivity contribution in [2.24, 2.45) is 5.73 Å². The Balaban J connectivity index is 2.38. The van der Waals surface area contributed by atoms with Crippen LogP contribution in [0.4, 0.5) is 0 Å². The first-order valence-electron chi connectivity index (χ1n) is 6.90. The van der Waals surface area contributed by atoms with Gasteiger partial charge in [-0.3, -0.25) is 0 Å². The van der Waals surface area contributed by atoms with E-state index in [2.05, 4.69) is 0 Å². The molecule has 1 saturated heterocycles. The first-order chi connectivity index (χ1) is 9.50. The third-order valence-corrected chi connectivity index (χ3v) is 5.74. The molecule has 1 aromatic rings. The molecule has 1 aliphatic rings. The Hall–Kier alpha value is -0.950. The Morgan fingerprint density at radius 2 is 2.20 bits per heavy atom. The molecule has 112 valence electrons. The molecule has 6 heteroatoms. The maximum absolute atomic E-state index is 12.8. The van der Waals surface area contributed by atoms with Crippen molar-refractivity contribution in [2.45, 2.75) is 37.8 Å². The SMILES string of the molecule is CCC1COCCN1S(=O)(=O)c1ccc(C)c(CN)c1. The third-order valence-electron chi connectivity index (χ3n) is 3.79. The van der Waals surface area contributed by atoms with E-state index < -0.39 is 10.0 Å². The van der Waals surface area contributed by atoms with Crippen molar-refractivity contribution in [2.75, 3.05) is 19.8 Å². The molecule has 0 spiro atoms. The second-order valence-corrected chi connectivity index (χ2v) is 6.94. The molecule has 0 radical (unpaired) electrons. The van der Waals surface area contributed by atoms with Gasteiger partial charge in [-0.15, -0.1) is 0 Å². The maximum Gasteiger partial charge on any atom is 0.243 e. The number of hydrogen-bond donors (Lipinski definition) is 1. The molecule has 0 aliphatic carbocycles. The quantitative estimate of drug-likeness (QED) is 0.908. The van der Waals surface area contributed by atoms with Gasteiger partial charge in [-0.1, -0.05) is 13.0 Å². The number of rotatable bonds is 4. The smallest absolute Gasteiger partial charge is 0.243 e. The topological polar surface area (TPSA) is 72.6 Å². The van der Waals surface area contributed by atoms with Gasteiger partial charge in [0, 0.05) is 19.1 Å². The molecule has 2 N–H and O–H groups in total. The Bertz CT molecular complexity index is 572. The van der Waals surface area contributed by atoms with Crippen LogP contribution in [0.15, 0.2) is 23.1 Å². The normalized spacial score (nSPS) is 21.1. The zero-order chi connectivity index (χ0) is 14.8. The summed E-state index contributed by atoms with van der Waals surface area (Å²) < 4.78 is 32.5. The summed E-state index contributed by atoms with van der Waals surface area (Å²) in [7, 11) is -3.47. The highest BCUT2D eigenvalue weighted by Gasteiger charge is 2.33. The molecule has 1 fully saturated rings. The van der Waals surface area contributed by atoms with E-state index in [1.54, 1.807) is 16.4 Å². The highest BCUT2D eigenvalue weighted by Crippen LogP contribution is 2.23. The number of morpholine rings is 1. The largest absolute Gasteiger partial charge is 0.378 e. The van der Waals surface area contributed by atoms with Crippen LogP contribution in [0.2, 0.25) is 0 Å². The molecular weight excluding hydrogens is 276 g/mol. The molecule has 5 nitrogen and oxygen atoms in total. The van der Waals surface area contributed by atoms with Gasteiger partial charge >= 0.3 is 0 Å².